The molecule has 1 amide bonds. The van der Waals surface area contributed by atoms with Crippen LogP contribution in [-0.2, 0) is 0 Å². The Morgan fingerprint density at radius 1 is 1.36 bits per heavy atom. The number of hydrogen-bond acceptors (Lipinski definition) is 7. The van der Waals surface area contributed by atoms with Crippen LogP contribution in [-0.4, -0.2) is 61.1 Å². The molecule has 1 aromatic heterocycles. The molecule has 28 heavy (non-hydrogen) atoms. The van der Waals surface area contributed by atoms with E-state index >= 15 is 0 Å². The molecule has 0 atom stereocenters. The number of pyridine rings is 1. The van der Waals surface area contributed by atoms with Gasteiger partial charge in [-0.2, -0.15) is 0 Å². The SMILES string of the molecule is COc1c(NC(=O)c2cccnc2)cc(I)c(N2CCN(C)CC2)c1[N+](=O)[O-]. The van der Waals surface area contributed by atoms with Gasteiger partial charge in [-0.1, -0.05) is 0 Å². The van der Waals surface area contributed by atoms with Gasteiger partial charge in [-0.25, -0.2) is 0 Å². The maximum absolute atomic E-state index is 12.5. The zero-order valence-electron chi connectivity index (χ0n) is 15.5. The minimum atomic E-state index is -0.450. The van der Waals surface area contributed by atoms with Gasteiger partial charge in [0.1, 0.15) is 5.69 Å². The first-order chi connectivity index (χ1) is 13.4. The van der Waals surface area contributed by atoms with E-state index in [2.05, 4.69) is 37.8 Å². The minimum absolute atomic E-state index is 0.0385. The lowest BCUT2D eigenvalue weighted by Crippen LogP contribution is -2.45. The smallest absolute Gasteiger partial charge is 0.337 e. The third-order valence-electron chi connectivity index (χ3n) is 4.56. The van der Waals surface area contributed by atoms with Crippen LogP contribution in [0.4, 0.5) is 17.1 Å². The number of aromatic nitrogens is 1. The topological polar surface area (TPSA) is 101 Å². The number of nitrogens with zero attached hydrogens (tertiary/aromatic N) is 4. The molecule has 1 fully saturated rings. The van der Waals surface area contributed by atoms with Gasteiger partial charge in [0.2, 0.25) is 5.75 Å². The molecule has 1 saturated heterocycles. The summed E-state index contributed by atoms with van der Waals surface area (Å²) in [5.41, 5.74) is 0.992. The molecule has 148 valence electrons. The molecule has 1 aliphatic heterocycles. The van der Waals surface area contributed by atoms with Gasteiger partial charge in [-0.3, -0.25) is 19.9 Å². The summed E-state index contributed by atoms with van der Waals surface area (Å²) >= 11 is 2.07. The van der Waals surface area contributed by atoms with Crippen molar-refractivity contribution in [2.45, 2.75) is 0 Å². The molecule has 0 bridgehead atoms. The average molecular weight is 497 g/mol. The highest BCUT2D eigenvalue weighted by molar-refractivity contribution is 14.1. The summed E-state index contributed by atoms with van der Waals surface area (Å²) in [6.07, 6.45) is 3.00. The number of benzene rings is 1. The number of rotatable bonds is 5. The first-order valence-electron chi connectivity index (χ1n) is 8.62. The van der Waals surface area contributed by atoms with Crippen molar-refractivity contribution < 1.29 is 14.5 Å². The number of anilines is 2. The Kier molecular flexibility index (Phi) is 6.29. The monoisotopic (exact) mass is 497 g/mol. The van der Waals surface area contributed by atoms with Crippen LogP contribution in [0.25, 0.3) is 0 Å². The molecular weight excluding hydrogens is 477 g/mol. The highest BCUT2D eigenvalue weighted by Crippen LogP contribution is 2.46. The van der Waals surface area contributed by atoms with E-state index < -0.39 is 10.8 Å². The van der Waals surface area contributed by atoms with Crippen LogP contribution >= 0.6 is 22.6 Å². The van der Waals surface area contributed by atoms with Crippen LogP contribution < -0.4 is 15.0 Å². The molecule has 0 aliphatic carbocycles. The number of nitrogens with one attached hydrogen (secondary N) is 1. The van der Waals surface area contributed by atoms with Gasteiger partial charge in [-0.05, 0) is 47.8 Å². The van der Waals surface area contributed by atoms with E-state index in [0.717, 1.165) is 13.1 Å². The molecule has 2 aromatic rings. The van der Waals surface area contributed by atoms with Crippen molar-refractivity contribution >= 4 is 45.6 Å². The van der Waals surface area contributed by atoms with Crippen molar-refractivity contribution in [1.29, 1.82) is 0 Å². The fourth-order valence-electron chi connectivity index (χ4n) is 3.10. The van der Waals surface area contributed by atoms with E-state index in [9.17, 15) is 14.9 Å². The first kappa shape index (κ1) is 20.3. The second-order valence-corrected chi connectivity index (χ2v) is 7.54. The van der Waals surface area contributed by atoms with Crippen LogP contribution in [0, 0.1) is 13.7 Å². The van der Waals surface area contributed by atoms with Gasteiger partial charge in [0.05, 0.1) is 23.3 Å². The molecule has 0 radical (unpaired) electrons. The molecule has 3 rings (SSSR count). The lowest BCUT2D eigenvalue weighted by Gasteiger charge is -2.34. The number of carbonyl (C=O) groups excluding carboxylic acids is 1. The maximum Gasteiger partial charge on any atom is 0.337 e. The van der Waals surface area contributed by atoms with Crippen LogP contribution in [0.1, 0.15) is 10.4 Å². The van der Waals surface area contributed by atoms with E-state index in [0.29, 0.717) is 27.9 Å². The lowest BCUT2D eigenvalue weighted by atomic mass is 10.1. The Morgan fingerprint density at radius 2 is 2.07 bits per heavy atom. The van der Waals surface area contributed by atoms with E-state index in [4.69, 9.17) is 4.74 Å². The van der Waals surface area contributed by atoms with Crippen LogP contribution in [0.15, 0.2) is 30.6 Å². The van der Waals surface area contributed by atoms with Gasteiger partial charge in [-0.15, -0.1) is 0 Å². The quantitative estimate of drug-likeness (QED) is 0.385. The second kappa shape index (κ2) is 8.69. The van der Waals surface area contributed by atoms with Gasteiger partial charge >= 0.3 is 5.69 Å². The van der Waals surface area contributed by atoms with Gasteiger partial charge in [0, 0.05) is 42.1 Å². The van der Waals surface area contributed by atoms with Crippen molar-refractivity contribution in [2.75, 3.05) is 50.6 Å². The molecule has 1 aliphatic rings. The van der Waals surface area contributed by atoms with Crippen LogP contribution in [0.3, 0.4) is 0 Å². The van der Waals surface area contributed by atoms with E-state index in [-0.39, 0.29) is 17.1 Å². The average Bonchev–Trinajstić information content (AvgIpc) is 2.69. The molecule has 0 spiro atoms. The fraction of sp³-hybridized carbons (Fsp3) is 0.333. The van der Waals surface area contributed by atoms with E-state index in [1.807, 2.05) is 11.9 Å². The third kappa shape index (κ3) is 4.17. The first-order valence-corrected chi connectivity index (χ1v) is 9.70. The standard InChI is InChI=1S/C18H20IN5O4/c1-22-6-8-23(9-7-22)15-13(19)10-14(17(28-2)16(15)24(26)27)21-18(25)12-4-3-5-20-11-12/h3-5,10-11H,6-9H2,1-2H3,(H,21,25). The number of carbonyl (C=O) groups is 1. The Balaban J connectivity index is 2.03. The number of piperazine rings is 1. The largest absolute Gasteiger partial charge is 0.489 e. The molecule has 1 aromatic carbocycles. The zero-order chi connectivity index (χ0) is 20.3. The Morgan fingerprint density at radius 3 is 2.64 bits per heavy atom. The van der Waals surface area contributed by atoms with E-state index in [1.165, 1.54) is 13.3 Å². The number of amides is 1. The minimum Gasteiger partial charge on any atom is -0.489 e. The number of nitro groups is 1. The highest BCUT2D eigenvalue weighted by Gasteiger charge is 2.32. The summed E-state index contributed by atoms with van der Waals surface area (Å²) in [6.45, 7) is 2.99. The van der Waals surface area contributed by atoms with Crippen LogP contribution in [0.2, 0.25) is 0 Å². The lowest BCUT2D eigenvalue weighted by molar-refractivity contribution is -0.385. The Hall–Kier alpha value is -2.47. The van der Waals surface area contributed by atoms with Crippen molar-refractivity contribution in [1.82, 2.24) is 9.88 Å². The number of hydrogen-bond donors (Lipinski definition) is 1. The van der Waals surface area contributed by atoms with Crippen molar-refractivity contribution in [3.8, 4) is 5.75 Å². The maximum atomic E-state index is 12.5. The van der Waals surface area contributed by atoms with Gasteiger partial charge in [0.15, 0.2) is 0 Å². The summed E-state index contributed by atoms with van der Waals surface area (Å²) in [5.74, 6) is -0.375. The summed E-state index contributed by atoms with van der Waals surface area (Å²) in [4.78, 5) is 32.1. The van der Waals surface area contributed by atoms with Crippen molar-refractivity contribution in [3.05, 3.63) is 49.8 Å². The molecule has 9 nitrogen and oxygen atoms in total. The number of ether oxygens (including phenoxy) is 1. The van der Waals surface area contributed by atoms with Crippen molar-refractivity contribution in [3.63, 3.8) is 0 Å². The normalized spacial score (nSPS) is 14.6. The summed E-state index contributed by atoms with van der Waals surface area (Å²) in [5, 5.41) is 14.6. The third-order valence-corrected chi connectivity index (χ3v) is 5.38. The molecule has 10 heteroatoms. The molecular formula is C18H20IN5O4. The molecule has 1 N–H and O–H groups in total. The number of nitro benzene ring substituents is 1. The van der Waals surface area contributed by atoms with Gasteiger partial charge in [0.25, 0.3) is 5.91 Å². The van der Waals surface area contributed by atoms with Gasteiger partial charge < -0.3 is 19.9 Å². The number of methoxy groups -OCH3 is 1. The summed E-state index contributed by atoms with van der Waals surface area (Å²) in [7, 11) is 3.39. The zero-order valence-corrected chi connectivity index (χ0v) is 17.7. The molecule has 2 heterocycles. The Labute approximate surface area is 176 Å². The van der Waals surface area contributed by atoms with Crippen LogP contribution in [0.5, 0.6) is 5.75 Å². The summed E-state index contributed by atoms with van der Waals surface area (Å²) in [6, 6.07) is 4.97. The predicted octanol–water partition coefficient (Wildman–Crippen LogP) is 2.61. The van der Waals surface area contributed by atoms with E-state index in [1.54, 1.807) is 24.4 Å². The molecule has 0 unspecified atom stereocenters. The molecule has 0 saturated carbocycles. The highest BCUT2D eigenvalue weighted by atomic mass is 127. The van der Waals surface area contributed by atoms with Crippen molar-refractivity contribution in [2.24, 2.45) is 0 Å². The fourth-order valence-corrected chi connectivity index (χ4v) is 4.01. The summed E-state index contributed by atoms with van der Waals surface area (Å²) < 4.78 is 6.05. The number of halogens is 1. The predicted molar refractivity (Wildman–Crippen MR) is 114 cm³/mol. The Bertz CT molecular complexity index is 885. The number of likely N-dealkylation sites (N-methyl/N-ethyl adjacent to an activating group) is 1. The second-order valence-electron chi connectivity index (χ2n) is 6.38.